The summed E-state index contributed by atoms with van der Waals surface area (Å²) in [6.07, 6.45) is 5.16. The molecule has 0 bridgehead atoms. The van der Waals surface area contributed by atoms with Gasteiger partial charge < -0.3 is 14.6 Å². The lowest BCUT2D eigenvalue weighted by atomic mass is 10.2. The maximum Gasteiger partial charge on any atom is 0.234 e. The van der Waals surface area contributed by atoms with Gasteiger partial charge in [0, 0.05) is 6.54 Å². The van der Waals surface area contributed by atoms with Crippen molar-refractivity contribution in [1.29, 1.82) is 0 Å². The highest BCUT2D eigenvalue weighted by molar-refractivity contribution is 8.00. The molecule has 0 saturated heterocycles. The number of terminal acetylenes is 1. The summed E-state index contributed by atoms with van der Waals surface area (Å²) in [4.78, 5) is 12.0. The molecule has 1 aromatic carbocycles. The highest BCUT2D eigenvalue weighted by Crippen LogP contribution is 2.31. The summed E-state index contributed by atoms with van der Waals surface area (Å²) >= 11 is 1.35. The second-order valence-electron chi connectivity index (χ2n) is 4.93. The number of rotatable bonds is 7. The Hall–Kier alpha value is -2.46. The third-order valence-corrected chi connectivity index (χ3v) is 4.48. The largest absolute Gasteiger partial charge is 0.496 e. The summed E-state index contributed by atoms with van der Waals surface area (Å²) in [6, 6.07) is 7.65. The van der Waals surface area contributed by atoms with Gasteiger partial charge in [-0.15, -0.1) is 16.6 Å². The van der Waals surface area contributed by atoms with Crippen LogP contribution in [0.25, 0.3) is 11.4 Å². The fourth-order valence-corrected chi connectivity index (χ4v) is 3.12. The van der Waals surface area contributed by atoms with E-state index in [1.165, 1.54) is 11.8 Å². The maximum absolute atomic E-state index is 12.0. The Morgan fingerprint density at radius 1 is 1.46 bits per heavy atom. The molecule has 0 aliphatic carbocycles. The van der Waals surface area contributed by atoms with Crippen molar-refractivity contribution < 1.29 is 9.53 Å². The molecule has 6 nitrogen and oxygen atoms in total. The first-order chi connectivity index (χ1) is 11.6. The van der Waals surface area contributed by atoms with E-state index >= 15 is 0 Å². The van der Waals surface area contributed by atoms with Crippen LogP contribution in [-0.4, -0.2) is 39.6 Å². The van der Waals surface area contributed by atoms with Gasteiger partial charge in [0.15, 0.2) is 11.0 Å². The molecule has 1 unspecified atom stereocenters. The number of carbonyl (C=O) groups excluding carboxylic acids is 1. The van der Waals surface area contributed by atoms with Gasteiger partial charge in [-0.1, -0.05) is 29.8 Å². The lowest BCUT2D eigenvalue weighted by Gasteiger charge is -2.12. The lowest BCUT2D eigenvalue weighted by Crippen LogP contribution is -2.31. The molecule has 1 atom stereocenters. The number of hydrogen-bond acceptors (Lipinski definition) is 5. The van der Waals surface area contributed by atoms with Crippen molar-refractivity contribution in [2.75, 3.05) is 13.7 Å². The van der Waals surface area contributed by atoms with Crippen molar-refractivity contribution in [2.45, 2.75) is 30.8 Å². The Labute approximate surface area is 146 Å². The van der Waals surface area contributed by atoms with E-state index in [-0.39, 0.29) is 17.7 Å². The Morgan fingerprint density at radius 3 is 2.88 bits per heavy atom. The predicted molar refractivity (Wildman–Crippen MR) is 94.8 cm³/mol. The molecule has 2 rings (SSSR count). The van der Waals surface area contributed by atoms with Crippen molar-refractivity contribution in [2.24, 2.45) is 0 Å². The number of para-hydroxylation sites is 1. The van der Waals surface area contributed by atoms with Crippen LogP contribution in [0.15, 0.2) is 29.4 Å². The van der Waals surface area contributed by atoms with E-state index in [2.05, 4.69) is 21.4 Å². The van der Waals surface area contributed by atoms with Crippen LogP contribution in [0, 0.1) is 12.3 Å². The first-order valence-corrected chi connectivity index (χ1v) is 8.44. The zero-order chi connectivity index (χ0) is 17.5. The third-order valence-electron chi connectivity index (χ3n) is 3.40. The van der Waals surface area contributed by atoms with Gasteiger partial charge in [-0.3, -0.25) is 4.79 Å². The minimum absolute atomic E-state index is 0.123. The van der Waals surface area contributed by atoms with Gasteiger partial charge in [0.05, 0.1) is 24.5 Å². The Bertz CT molecular complexity index is 751. The van der Waals surface area contributed by atoms with Crippen molar-refractivity contribution in [1.82, 2.24) is 20.1 Å². The summed E-state index contributed by atoms with van der Waals surface area (Å²) in [5.74, 6) is 3.72. The summed E-state index contributed by atoms with van der Waals surface area (Å²) < 4.78 is 7.37. The molecule has 2 aromatic rings. The molecule has 1 amide bonds. The van der Waals surface area contributed by atoms with Crippen LogP contribution >= 0.6 is 11.8 Å². The summed E-state index contributed by atoms with van der Waals surface area (Å²) in [7, 11) is 1.62. The molecule has 1 aromatic heterocycles. The van der Waals surface area contributed by atoms with Crippen LogP contribution in [0.2, 0.25) is 0 Å². The predicted octanol–water partition coefficient (Wildman–Crippen LogP) is 2.20. The van der Waals surface area contributed by atoms with E-state index in [0.29, 0.717) is 17.5 Å². The normalized spacial score (nSPS) is 11.6. The highest BCUT2D eigenvalue weighted by Gasteiger charge is 2.21. The van der Waals surface area contributed by atoms with Crippen LogP contribution < -0.4 is 10.1 Å². The van der Waals surface area contributed by atoms with Crippen LogP contribution in [0.1, 0.15) is 13.8 Å². The smallest absolute Gasteiger partial charge is 0.234 e. The van der Waals surface area contributed by atoms with Gasteiger partial charge in [-0.05, 0) is 26.0 Å². The first kappa shape index (κ1) is 17.9. The average molecular weight is 344 g/mol. The number of nitrogens with zero attached hydrogens (tertiary/aromatic N) is 3. The molecule has 7 heteroatoms. The Balaban J connectivity index is 2.27. The van der Waals surface area contributed by atoms with E-state index in [4.69, 9.17) is 11.2 Å². The van der Waals surface area contributed by atoms with Crippen LogP contribution in [0.5, 0.6) is 5.75 Å². The fraction of sp³-hybridized carbons (Fsp3) is 0.353. The second-order valence-corrected chi connectivity index (χ2v) is 6.24. The molecule has 0 spiro atoms. The minimum Gasteiger partial charge on any atom is -0.496 e. The van der Waals surface area contributed by atoms with Crippen molar-refractivity contribution in [3.63, 3.8) is 0 Å². The van der Waals surface area contributed by atoms with Gasteiger partial charge in [0.1, 0.15) is 5.75 Å². The van der Waals surface area contributed by atoms with Gasteiger partial charge in [0.25, 0.3) is 0 Å². The van der Waals surface area contributed by atoms with Gasteiger partial charge in [-0.2, -0.15) is 0 Å². The second kappa shape index (κ2) is 8.41. The summed E-state index contributed by atoms with van der Waals surface area (Å²) in [6.45, 7) is 4.72. The third kappa shape index (κ3) is 3.89. The molecule has 0 aliphatic rings. The first-order valence-electron chi connectivity index (χ1n) is 7.56. The number of thioether (sulfide) groups is 1. The zero-order valence-electron chi connectivity index (χ0n) is 13.9. The van der Waals surface area contributed by atoms with Crippen molar-refractivity contribution >= 4 is 17.7 Å². The van der Waals surface area contributed by atoms with E-state index in [0.717, 1.165) is 11.3 Å². The van der Waals surface area contributed by atoms with Gasteiger partial charge >= 0.3 is 0 Å². The molecule has 0 fully saturated rings. The molecular weight excluding hydrogens is 324 g/mol. The number of aromatic nitrogens is 3. The number of amides is 1. The molecule has 0 saturated carbocycles. The molecule has 1 heterocycles. The SMILES string of the molecule is C#CCNC(=O)C(C)Sc1nnc(-c2ccccc2OC)n1CC. The molecular formula is C17H20N4O2S. The topological polar surface area (TPSA) is 69.0 Å². The van der Waals surface area contributed by atoms with Gasteiger partial charge in [0.2, 0.25) is 5.91 Å². The number of methoxy groups -OCH3 is 1. The monoisotopic (exact) mass is 344 g/mol. The molecule has 0 radical (unpaired) electrons. The molecule has 24 heavy (non-hydrogen) atoms. The number of hydrogen-bond donors (Lipinski definition) is 1. The maximum atomic E-state index is 12.0. The number of carbonyl (C=O) groups is 1. The lowest BCUT2D eigenvalue weighted by molar-refractivity contribution is -0.120. The zero-order valence-corrected chi connectivity index (χ0v) is 14.8. The summed E-state index contributed by atoms with van der Waals surface area (Å²) in [5.41, 5.74) is 0.866. The highest BCUT2D eigenvalue weighted by atomic mass is 32.2. The minimum atomic E-state index is -0.321. The van der Waals surface area contributed by atoms with Crippen molar-refractivity contribution in [3.05, 3.63) is 24.3 Å². The number of ether oxygens (including phenoxy) is 1. The molecule has 0 aliphatic heterocycles. The quantitative estimate of drug-likeness (QED) is 0.616. The average Bonchev–Trinajstić information content (AvgIpc) is 3.01. The van der Waals surface area contributed by atoms with Crippen molar-refractivity contribution in [3.8, 4) is 29.5 Å². The van der Waals surface area contributed by atoms with Crippen LogP contribution in [0.3, 0.4) is 0 Å². The van der Waals surface area contributed by atoms with Gasteiger partial charge in [-0.25, -0.2) is 0 Å². The number of benzene rings is 1. The van der Waals surface area contributed by atoms with Crippen LogP contribution in [0.4, 0.5) is 0 Å². The molecule has 126 valence electrons. The van der Waals surface area contributed by atoms with E-state index in [1.54, 1.807) is 7.11 Å². The van der Waals surface area contributed by atoms with E-state index in [9.17, 15) is 4.79 Å². The number of nitrogens with one attached hydrogen (secondary N) is 1. The molecule has 1 N–H and O–H groups in total. The Kier molecular flexibility index (Phi) is 6.27. The summed E-state index contributed by atoms with van der Waals surface area (Å²) in [5, 5.41) is 11.6. The standard InChI is InChI=1S/C17H20N4O2S/c1-5-11-18-16(22)12(3)24-17-20-19-15(21(17)6-2)13-9-7-8-10-14(13)23-4/h1,7-10,12H,6,11H2,2-4H3,(H,18,22). The van der Waals surface area contributed by atoms with Crippen LogP contribution in [-0.2, 0) is 11.3 Å². The Morgan fingerprint density at radius 2 is 2.21 bits per heavy atom. The van der Waals surface area contributed by atoms with E-state index < -0.39 is 0 Å². The van der Waals surface area contributed by atoms with E-state index in [1.807, 2.05) is 42.7 Å². The fourth-order valence-electron chi connectivity index (χ4n) is 2.18.